The molecule has 0 aliphatic carbocycles. The molecule has 16 heavy (non-hydrogen) atoms. The van der Waals surface area contributed by atoms with Crippen molar-refractivity contribution in [1.82, 2.24) is 5.32 Å². The maximum absolute atomic E-state index is 5.67. The van der Waals surface area contributed by atoms with Crippen LogP contribution in [-0.2, 0) is 0 Å². The van der Waals surface area contributed by atoms with Crippen LogP contribution in [0.25, 0.3) is 0 Å². The molecule has 0 amide bonds. The zero-order chi connectivity index (χ0) is 11.4. The molecule has 1 atom stereocenters. The van der Waals surface area contributed by atoms with Gasteiger partial charge in [0.1, 0.15) is 0 Å². The van der Waals surface area contributed by atoms with E-state index in [1.807, 2.05) is 11.8 Å². The van der Waals surface area contributed by atoms with Gasteiger partial charge in [-0.3, -0.25) is 0 Å². The van der Waals surface area contributed by atoms with Gasteiger partial charge in [-0.05, 0) is 29.9 Å². The summed E-state index contributed by atoms with van der Waals surface area (Å²) in [5, 5.41) is 3.04. The highest BCUT2D eigenvalue weighted by Gasteiger charge is 2.14. The molecule has 0 bridgehead atoms. The minimum Gasteiger partial charge on any atom is -0.370 e. The van der Waals surface area contributed by atoms with Crippen molar-refractivity contribution in [1.29, 1.82) is 0 Å². The standard InChI is InChI=1S/C12H17N3S/c1-2-16-10-5-3-9(4-6-10)11-7-8-14-12(13)15-11/h3-6,11H,2,7-8H2,1H3,(H3,13,14,15). The minimum absolute atomic E-state index is 0.224. The van der Waals surface area contributed by atoms with E-state index in [1.165, 1.54) is 10.5 Å². The van der Waals surface area contributed by atoms with Crippen LogP contribution in [0.5, 0.6) is 0 Å². The molecule has 0 fully saturated rings. The SMILES string of the molecule is CCSc1ccc(C2CCNC(N)=N2)cc1. The number of nitrogens with zero attached hydrogens (tertiary/aromatic N) is 1. The van der Waals surface area contributed by atoms with Gasteiger partial charge in [-0.15, -0.1) is 11.8 Å². The van der Waals surface area contributed by atoms with Crippen LogP contribution in [0.4, 0.5) is 0 Å². The van der Waals surface area contributed by atoms with E-state index in [-0.39, 0.29) is 6.04 Å². The first-order valence-corrected chi connectivity index (χ1v) is 6.58. The average Bonchev–Trinajstić information content (AvgIpc) is 2.30. The fourth-order valence-corrected chi connectivity index (χ4v) is 2.47. The highest BCUT2D eigenvalue weighted by molar-refractivity contribution is 7.99. The molecule has 1 aliphatic heterocycles. The Labute approximate surface area is 101 Å². The molecular weight excluding hydrogens is 218 g/mol. The predicted molar refractivity (Wildman–Crippen MR) is 69.8 cm³/mol. The summed E-state index contributed by atoms with van der Waals surface area (Å²) in [5.74, 6) is 1.67. The Balaban J connectivity index is 2.12. The second kappa shape index (κ2) is 5.25. The molecular formula is C12H17N3S. The van der Waals surface area contributed by atoms with Crippen molar-refractivity contribution in [2.75, 3.05) is 12.3 Å². The number of rotatable bonds is 3. The van der Waals surface area contributed by atoms with Gasteiger partial charge in [0.25, 0.3) is 0 Å². The molecule has 0 radical (unpaired) electrons. The molecule has 4 heteroatoms. The van der Waals surface area contributed by atoms with Crippen LogP contribution < -0.4 is 11.1 Å². The van der Waals surface area contributed by atoms with Crippen molar-refractivity contribution in [3.05, 3.63) is 29.8 Å². The van der Waals surface area contributed by atoms with Crippen LogP contribution in [0.1, 0.15) is 24.9 Å². The molecule has 3 N–H and O–H groups in total. The lowest BCUT2D eigenvalue weighted by Crippen LogP contribution is -2.36. The second-order valence-electron chi connectivity index (χ2n) is 3.75. The molecule has 86 valence electrons. The summed E-state index contributed by atoms with van der Waals surface area (Å²) >= 11 is 1.86. The van der Waals surface area contributed by atoms with E-state index in [4.69, 9.17) is 5.73 Å². The lowest BCUT2D eigenvalue weighted by atomic mass is 10.0. The number of thioether (sulfide) groups is 1. The van der Waals surface area contributed by atoms with E-state index in [0.717, 1.165) is 18.7 Å². The Morgan fingerprint density at radius 1 is 1.44 bits per heavy atom. The number of benzene rings is 1. The van der Waals surface area contributed by atoms with Gasteiger partial charge in [-0.25, -0.2) is 4.99 Å². The quantitative estimate of drug-likeness (QED) is 0.789. The van der Waals surface area contributed by atoms with Gasteiger partial charge in [-0.1, -0.05) is 19.1 Å². The first-order chi connectivity index (χ1) is 7.79. The number of aliphatic imine (C=N–C) groups is 1. The van der Waals surface area contributed by atoms with Gasteiger partial charge in [0, 0.05) is 11.4 Å². The Bertz CT molecular complexity index is 372. The highest BCUT2D eigenvalue weighted by Crippen LogP contribution is 2.25. The van der Waals surface area contributed by atoms with Gasteiger partial charge in [-0.2, -0.15) is 0 Å². The van der Waals surface area contributed by atoms with E-state index in [9.17, 15) is 0 Å². The molecule has 0 aromatic heterocycles. The summed E-state index contributed by atoms with van der Waals surface area (Å²) < 4.78 is 0. The van der Waals surface area contributed by atoms with Crippen LogP contribution in [0, 0.1) is 0 Å². The number of hydrogen-bond acceptors (Lipinski definition) is 4. The molecule has 1 heterocycles. The largest absolute Gasteiger partial charge is 0.370 e. The summed E-state index contributed by atoms with van der Waals surface area (Å²) in [5.41, 5.74) is 6.93. The van der Waals surface area contributed by atoms with Crippen LogP contribution in [0.15, 0.2) is 34.2 Å². The van der Waals surface area contributed by atoms with Crippen LogP contribution >= 0.6 is 11.8 Å². The number of guanidine groups is 1. The van der Waals surface area contributed by atoms with Gasteiger partial charge < -0.3 is 11.1 Å². The lowest BCUT2D eigenvalue weighted by Gasteiger charge is -2.20. The lowest BCUT2D eigenvalue weighted by molar-refractivity contribution is 0.600. The summed E-state index contributed by atoms with van der Waals surface area (Å²) in [4.78, 5) is 5.72. The molecule has 3 nitrogen and oxygen atoms in total. The molecule has 1 aromatic carbocycles. The summed E-state index contributed by atoms with van der Waals surface area (Å²) in [6, 6.07) is 8.87. The maximum atomic E-state index is 5.67. The third-order valence-electron chi connectivity index (χ3n) is 2.59. The fraction of sp³-hybridized carbons (Fsp3) is 0.417. The van der Waals surface area contributed by atoms with Crippen LogP contribution in [0.2, 0.25) is 0 Å². The monoisotopic (exact) mass is 235 g/mol. The topological polar surface area (TPSA) is 50.4 Å². The van der Waals surface area contributed by atoms with E-state index in [2.05, 4.69) is 41.5 Å². The Hall–Kier alpha value is -1.16. The van der Waals surface area contributed by atoms with E-state index in [1.54, 1.807) is 0 Å². The predicted octanol–water partition coefficient (Wildman–Crippen LogP) is 2.15. The second-order valence-corrected chi connectivity index (χ2v) is 5.09. The molecule has 0 saturated carbocycles. The van der Waals surface area contributed by atoms with E-state index < -0.39 is 0 Å². The van der Waals surface area contributed by atoms with Gasteiger partial charge in [0.05, 0.1) is 6.04 Å². The molecule has 1 unspecified atom stereocenters. The van der Waals surface area contributed by atoms with Crippen molar-refractivity contribution in [2.45, 2.75) is 24.3 Å². The first-order valence-electron chi connectivity index (χ1n) is 5.59. The van der Waals surface area contributed by atoms with E-state index >= 15 is 0 Å². The summed E-state index contributed by atoms with van der Waals surface area (Å²) in [7, 11) is 0. The molecule has 1 aromatic rings. The zero-order valence-corrected chi connectivity index (χ0v) is 10.3. The van der Waals surface area contributed by atoms with Crippen molar-refractivity contribution < 1.29 is 0 Å². The number of nitrogens with one attached hydrogen (secondary N) is 1. The molecule has 0 saturated heterocycles. The zero-order valence-electron chi connectivity index (χ0n) is 9.44. The number of nitrogens with two attached hydrogens (primary N) is 1. The average molecular weight is 235 g/mol. The van der Waals surface area contributed by atoms with Crippen LogP contribution in [-0.4, -0.2) is 18.3 Å². The Morgan fingerprint density at radius 3 is 2.81 bits per heavy atom. The Morgan fingerprint density at radius 2 is 2.19 bits per heavy atom. The first kappa shape index (κ1) is 11.3. The van der Waals surface area contributed by atoms with Crippen molar-refractivity contribution in [2.24, 2.45) is 10.7 Å². The summed E-state index contributed by atoms with van der Waals surface area (Å²) in [6.07, 6.45) is 1.01. The number of hydrogen-bond donors (Lipinski definition) is 2. The maximum Gasteiger partial charge on any atom is 0.189 e. The third kappa shape index (κ3) is 2.70. The van der Waals surface area contributed by atoms with Crippen molar-refractivity contribution in [3.63, 3.8) is 0 Å². The van der Waals surface area contributed by atoms with Crippen LogP contribution in [0.3, 0.4) is 0 Å². The summed E-state index contributed by atoms with van der Waals surface area (Å²) in [6.45, 7) is 3.07. The molecule has 0 spiro atoms. The smallest absolute Gasteiger partial charge is 0.189 e. The normalized spacial score (nSPS) is 20.1. The van der Waals surface area contributed by atoms with Gasteiger partial charge in [0.15, 0.2) is 5.96 Å². The Kier molecular flexibility index (Phi) is 3.72. The van der Waals surface area contributed by atoms with Gasteiger partial charge >= 0.3 is 0 Å². The molecule has 2 rings (SSSR count). The van der Waals surface area contributed by atoms with Crippen molar-refractivity contribution in [3.8, 4) is 0 Å². The fourth-order valence-electron chi connectivity index (χ4n) is 1.81. The minimum atomic E-state index is 0.224. The molecule has 1 aliphatic rings. The van der Waals surface area contributed by atoms with E-state index in [0.29, 0.717) is 5.96 Å². The van der Waals surface area contributed by atoms with Gasteiger partial charge in [0.2, 0.25) is 0 Å². The third-order valence-corrected chi connectivity index (χ3v) is 3.49. The highest BCUT2D eigenvalue weighted by atomic mass is 32.2. The van der Waals surface area contributed by atoms with Crippen molar-refractivity contribution >= 4 is 17.7 Å².